The van der Waals surface area contributed by atoms with Gasteiger partial charge in [-0.3, -0.25) is 4.79 Å². The third kappa shape index (κ3) is 1.18. The summed E-state index contributed by atoms with van der Waals surface area (Å²) >= 11 is 1.44. The molecule has 1 fully saturated rings. The van der Waals surface area contributed by atoms with Gasteiger partial charge in [-0.2, -0.15) is 0 Å². The van der Waals surface area contributed by atoms with Crippen molar-refractivity contribution in [3.8, 4) is 0 Å². The highest BCUT2D eigenvalue weighted by atomic mass is 32.2. The largest absolute Gasteiger partial charge is 0.477 e. The van der Waals surface area contributed by atoms with Gasteiger partial charge in [0.1, 0.15) is 10.4 Å². The van der Waals surface area contributed by atoms with Gasteiger partial charge < -0.3 is 15.4 Å². The first kappa shape index (κ1) is 8.84. The third-order valence-corrected chi connectivity index (χ3v) is 4.19. The van der Waals surface area contributed by atoms with E-state index in [4.69, 9.17) is 5.11 Å². The topological polar surface area (TPSA) is 82.2 Å². The van der Waals surface area contributed by atoms with Crippen LogP contribution in [0.3, 0.4) is 0 Å². The van der Waals surface area contributed by atoms with Gasteiger partial charge in [-0.05, 0) is 18.9 Å². The molecule has 2 aliphatic rings. The lowest BCUT2D eigenvalue weighted by atomic mass is 10.3. The van der Waals surface area contributed by atoms with Crippen molar-refractivity contribution in [1.82, 2.24) is 4.98 Å². The second kappa shape index (κ2) is 2.57. The Morgan fingerprint density at radius 1 is 1.53 bits per heavy atom. The molecule has 0 atom stereocenters. The molecule has 0 saturated heterocycles. The van der Waals surface area contributed by atoms with Gasteiger partial charge in [-0.1, -0.05) is 11.8 Å². The molecule has 1 saturated carbocycles. The summed E-state index contributed by atoms with van der Waals surface area (Å²) in [5, 5.41) is 12.3. The van der Waals surface area contributed by atoms with Crippen molar-refractivity contribution in [3.05, 3.63) is 11.8 Å². The van der Waals surface area contributed by atoms with Gasteiger partial charge in [0, 0.05) is 0 Å². The number of nitrogens with one attached hydrogen (secondary N) is 2. The van der Waals surface area contributed by atoms with E-state index in [1.807, 2.05) is 0 Å². The fraction of sp³-hybridized carbons (Fsp3) is 0.333. The van der Waals surface area contributed by atoms with Gasteiger partial charge >= 0.3 is 5.97 Å². The van der Waals surface area contributed by atoms with E-state index in [2.05, 4.69) is 10.3 Å². The second-order valence-electron chi connectivity index (χ2n) is 3.78. The molecule has 3 N–H and O–H groups in total. The smallest absolute Gasteiger partial charge is 0.352 e. The molecule has 1 aromatic heterocycles. The fourth-order valence-corrected chi connectivity index (χ4v) is 2.87. The number of H-pyrrole nitrogens is 1. The molecule has 0 unspecified atom stereocenters. The van der Waals surface area contributed by atoms with Crippen molar-refractivity contribution in [2.24, 2.45) is 0 Å². The van der Waals surface area contributed by atoms with E-state index in [-0.39, 0.29) is 16.3 Å². The predicted molar refractivity (Wildman–Crippen MR) is 54.2 cm³/mol. The van der Waals surface area contributed by atoms with Crippen LogP contribution < -0.4 is 5.32 Å². The van der Waals surface area contributed by atoms with Gasteiger partial charge in [0.2, 0.25) is 5.91 Å². The number of aromatic amines is 1. The number of carboxylic acids is 1. The number of fused-ring (bicyclic) bond motifs is 1. The van der Waals surface area contributed by atoms with Gasteiger partial charge in [0.25, 0.3) is 0 Å². The number of rotatable bonds is 1. The Labute approximate surface area is 89.2 Å². The van der Waals surface area contributed by atoms with Crippen LogP contribution in [0.15, 0.2) is 11.1 Å². The number of thioether (sulfide) groups is 1. The van der Waals surface area contributed by atoms with Crippen molar-refractivity contribution < 1.29 is 14.7 Å². The molecule has 6 heteroatoms. The maximum Gasteiger partial charge on any atom is 0.352 e. The van der Waals surface area contributed by atoms with Crippen LogP contribution in [0.1, 0.15) is 23.3 Å². The number of anilines is 1. The van der Waals surface area contributed by atoms with Crippen LogP contribution in [-0.4, -0.2) is 26.7 Å². The Balaban J connectivity index is 2.02. The van der Waals surface area contributed by atoms with E-state index in [0.29, 0.717) is 5.69 Å². The molecule has 78 valence electrons. The monoisotopic (exact) mass is 224 g/mol. The maximum absolute atomic E-state index is 11.6. The molecule has 2 heterocycles. The normalized spacial score (nSPS) is 20.9. The molecule has 5 nitrogen and oxygen atoms in total. The van der Waals surface area contributed by atoms with E-state index in [1.54, 1.807) is 0 Å². The zero-order chi connectivity index (χ0) is 10.6. The Hall–Kier alpha value is -1.43. The first-order chi connectivity index (χ1) is 7.11. The lowest BCUT2D eigenvalue weighted by Gasteiger charge is -2.20. The lowest BCUT2D eigenvalue weighted by Crippen LogP contribution is -2.30. The summed E-state index contributed by atoms with van der Waals surface area (Å²) in [7, 11) is 0. The molecule has 1 spiro atoms. The molecular weight excluding hydrogens is 216 g/mol. The van der Waals surface area contributed by atoms with Crippen LogP contribution in [0.2, 0.25) is 0 Å². The van der Waals surface area contributed by atoms with E-state index >= 15 is 0 Å². The molecule has 3 rings (SSSR count). The standard InChI is InChI=1S/C9H8N2O3S/c12-7(13)5-3-4-6(10-5)15-9(1-2-9)8(14)11-4/h3,10H,1-2H2,(H,11,14)(H,12,13). The average Bonchev–Trinajstić information content (AvgIpc) is 2.81. The first-order valence-electron chi connectivity index (χ1n) is 4.57. The van der Waals surface area contributed by atoms with E-state index in [0.717, 1.165) is 17.9 Å². The highest BCUT2D eigenvalue weighted by molar-refractivity contribution is 8.02. The number of hydrogen-bond donors (Lipinski definition) is 3. The SMILES string of the molecule is O=C(O)c1cc2c([nH]1)SC1(CC1)C(=O)N2. The zero-order valence-corrected chi connectivity index (χ0v) is 8.48. The summed E-state index contributed by atoms with van der Waals surface area (Å²) in [4.78, 5) is 25.1. The van der Waals surface area contributed by atoms with E-state index in [1.165, 1.54) is 17.8 Å². The number of amides is 1. The van der Waals surface area contributed by atoms with Crippen LogP contribution in [0.25, 0.3) is 0 Å². The second-order valence-corrected chi connectivity index (χ2v) is 5.18. The zero-order valence-electron chi connectivity index (χ0n) is 7.66. The summed E-state index contributed by atoms with van der Waals surface area (Å²) in [5.41, 5.74) is 0.699. The van der Waals surface area contributed by atoms with Crippen molar-refractivity contribution in [1.29, 1.82) is 0 Å². The van der Waals surface area contributed by atoms with Crippen LogP contribution in [-0.2, 0) is 4.79 Å². The number of hydrogen-bond acceptors (Lipinski definition) is 3. The molecule has 1 aliphatic carbocycles. The van der Waals surface area contributed by atoms with Crippen molar-refractivity contribution in [2.75, 3.05) is 5.32 Å². The lowest BCUT2D eigenvalue weighted by molar-refractivity contribution is -0.116. The minimum Gasteiger partial charge on any atom is -0.477 e. The van der Waals surface area contributed by atoms with Crippen molar-refractivity contribution in [3.63, 3.8) is 0 Å². The number of aromatic carboxylic acids is 1. The van der Waals surface area contributed by atoms with Gasteiger partial charge in [-0.15, -0.1) is 0 Å². The molecule has 15 heavy (non-hydrogen) atoms. The van der Waals surface area contributed by atoms with Gasteiger partial charge in [0.05, 0.1) is 10.7 Å². The van der Waals surface area contributed by atoms with Crippen LogP contribution in [0, 0.1) is 0 Å². The predicted octanol–water partition coefficient (Wildman–Crippen LogP) is 1.29. The van der Waals surface area contributed by atoms with Crippen molar-refractivity contribution >= 4 is 29.3 Å². The third-order valence-electron chi connectivity index (χ3n) is 2.68. The van der Waals surface area contributed by atoms with Crippen molar-refractivity contribution in [2.45, 2.75) is 22.6 Å². The number of carboxylic acid groups (broad SMARTS) is 1. The number of carbonyl (C=O) groups excluding carboxylic acids is 1. The molecule has 1 aliphatic heterocycles. The summed E-state index contributed by atoms with van der Waals surface area (Å²) in [6.45, 7) is 0. The molecule has 0 aromatic carbocycles. The van der Waals surface area contributed by atoms with Crippen LogP contribution in [0.4, 0.5) is 5.69 Å². The highest BCUT2D eigenvalue weighted by Crippen LogP contribution is 2.56. The average molecular weight is 224 g/mol. The minimum absolute atomic E-state index is 0.00376. The number of carbonyl (C=O) groups is 2. The molecule has 0 radical (unpaired) electrons. The molecule has 0 bridgehead atoms. The summed E-state index contributed by atoms with van der Waals surface area (Å²) in [6, 6.07) is 1.46. The van der Waals surface area contributed by atoms with Gasteiger partial charge in [-0.25, -0.2) is 4.79 Å². The Bertz CT molecular complexity index is 476. The van der Waals surface area contributed by atoms with Crippen LogP contribution >= 0.6 is 11.8 Å². The fourth-order valence-electron chi connectivity index (χ4n) is 1.64. The number of aromatic nitrogens is 1. The Morgan fingerprint density at radius 2 is 2.27 bits per heavy atom. The van der Waals surface area contributed by atoms with E-state index < -0.39 is 5.97 Å². The maximum atomic E-state index is 11.6. The molecule has 1 amide bonds. The summed E-state index contributed by atoms with van der Waals surface area (Å²) < 4.78 is -0.326. The Morgan fingerprint density at radius 3 is 2.87 bits per heavy atom. The summed E-state index contributed by atoms with van der Waals surface area (Å²) in [5.74, 6) is -1.01. The van der Waals surface area contributed by atoms with Gasteiger partial charge in [0.15, 0.2) is 0 Å². The van der Waals surface area contributed by atoms with Crippen LogP contribution in [0.5, 0.6) is 0 Å². The molecule has 1 aromatic rings. The molecular formula is C9H8N2O3S. The summed E-state index contributed by atoms with van der Waals surface area (Å²) in [6.07, 6.45) is 1.73. The van der Waals surface area contributed by atoms with E-state index in [9.17, 15) is 9.59 Å². The quantitative estimate of drug-likeness (QED) is 0.671. The minimum atomic E-state index is -1.01. The highest BCUT2D eigenvalue weighted by Gasteiger charge is 2.54. The Kier molecular flexibility index (Phi) is 1.52. The first-order valence-corrected chi connectivity index (χ1v) is 5.39.